The number of carbonyl (C=O) groups excluding carboxylic acids is 1. The number of hydrogen-bond acceptors (Lipinski definition) is 5. The fourth-order valence-electron chi connectivity index (χ4n) is 3.44. The number of aryl methyl sites for hydroxylation is 1. The van der Waals surface area contributed by atoms with Gasteiger partial charge >= 0.3 is 0 Å². The predicted octanol–water partition coefficient (Wildman–Crippen LogP) is 6.87. The van der Waals surface area contributed by atoms with Gasteiger partial charge in [0, 0.05) is 5.56 Å². The minimum Gasteiger partial charge on any atom is -0.316 e. The summed E-state index contributed by atoms with van der Waals surface area (Å²) in [6.07, 6.45) is 2.07. The molecule has 0 aliphatic rings. The molecule has 4 rings (SSSR count). The van der Waals surface area contributed by atoms with Gasteiger partial charge < -0.3 is 5.32 Å². The Balaban J connectivity index is 1.52. The number of nitrogens with one attached hydrogen (secondary N) is 2. The van der Waals surface area contributed by atoms with Crippen molar-refractivity contribution in [1.29, 1.82) is 0 Å². The first-order chi connectivity index (χ1) is 16.5. The molecular weight excluding hydrogens is 440 g/mol. The molecule has 0 unspecified atom stereocenters. The van der Waals surface area contributed by atoms with Gasteiger partial charge in [-0.1, -0.05) is 110 Å². The van der Waals surface area contributed by atoms with Crippen LogP contribution in [0.5, 0.6) is 0 Å². The van der Waals surface area contributed by atoms with E-state index in [9.17, 15) is 4.79 Å². The van der Waals surface area contributed by atoms with E-state index in [4.69, 9.17) is 4.98 Å². The Labute approximate surface area is 204 Å². The lowest BCUT2D eigenvalue weighted by Crippen LogP contribution is -2.14. The Bertz CT molecular complexity index is 1260. The first kappa shape index (κ1) is 23.4. The first-order valence-electron chi connectivity index (χ1n) is 11.3. The molecule has 6 heteroatoms. The average Bonchev–Trinajstić information content (AvgIpc) is 3.22. The number of amides is 1. The monoisotopic (exact) mass is 468 g/mol. The van der Waals surface area contributed by atoms with E-state index >= 15 is 0 Å². The Morgan fingerprint density at radius 3 is 2.38 bits per heavy atom. The van der Waals surface area contributed by atoms with E-state index in [1.54, 1.807) is 6.21 Å². The van der Waals surface area contributed by atoms with E-state index in [1.807, 2.05) is 61.5 Å². The third-order valence-electron chi connectivity index (χ3n) is 5.39. The number of carbonyl (C=O) groups is 1. The number of hydrogen-bond donors (Lipinski definition) is 2. The van der Waals surface area contributed by atoms with Crippen molar-refractivity contribution in [3.05, 3.63) is 101 Å². The SMILES string of the molecule is Cc1ccc(-c2nc(N/N=C\c3ccc(C(C)C)cc3)sc2NC(=O)Cc2ccccc2)cc1. The van der Waals surface area contributed by atoms with E-state index in [1.165, 1.54) is 22.5 Å². The van der Waals surface area contributed by atoms with Crippen LogP contribution in [0.15, 0.2) is 84.0 Å². The molecule has 1 amide bonds. The zero-order chi connectivity index (χ0) is 23.9. The second kappa shape index (κ2) is 10.9. The third-order valence-corrected chi connectivity index (χ3v) is 6.27. The highest BCUT2D eigenvalue weighted by molar-refractivity contribution is 7.20. The van der Waals surface area contributed by atoms with Crippen LogP contribution in [0.1, 0.15) is 42.0 Å². The molecule has 0 saturated heterocycles. The maximum Gasteiger partial charge on any atom is 0.229 e. The van der Waals surface area contributed by atoms with Gasteiger partial charge in [0.15, 0.2) is 0 Å². The fraction of sp³-hybridized carbons (Fsp3) is 0.179. The van der Waals surface area contributed by atoms with Gasteiger partial charge in [0.1, 0.15) is 10.7 Å². The zero-order valence-corrected chi connectivity index (χ0v) is 20.4. The number of nitrogens with zero attached hydrogens (tertiary/aromatic N) is 2. The van der Waals surface area contributed by atoms with Crippen molar-refractivity contribution in [2.24, 2.45) is 5.10 Å². The molecule has 0 bridgehead atoms. The number of hydrazone groups is 1. The molecule has 1 aromatic heterocycles. The zero-order valence-electron chi connectivity index (χ0n) is 19.6. The molecule has 4 aromatic rings. The molecule has 2 N–H and O–H groups in total. The lowest BCUT2D eigenvalue weighted by Gasteiger charge is -2.06. The lowest BCUT2D eigenvalue weighted by atomic mass is 10.0. The summed E-state index contributed by atoms with van der Waals surface area (Å²) in [5.41, 5.74) is 9.12. The van der Waals surface area contributed by atoms with Crippen LogP contribution >= 0.6 is 11.3 Å². The van der Waals surface area contributed by atoms with Gasteiger partial charge in [0.05, 0.1) is 12.6 Å². The Morgan fingerprint density at radius 1 is 1.00 bits per heavy atom. The topological polar surface area (TPSA) is 66.4 Å². The van der Waals surface area contributed by atoms with Gasteiger partial charge in [-0.05, 0) is 29.5 Å². The van der Waals surface area contributed by atoms with Gasteiger partial charge in [-0.2, -0.15) is 5.10 Å². The molecule has 0 atom stereocenters. The van der Waals surface area contributed by atoms with Crippen molar-refractivity contribution < 1.29 is 4.79 Å². The van der Waals surface area contributed by atoms with Crippen LogP contribution in [-0.2, 0) is 11.2 Å². The van der Waals surface area contributed by atoms with Gasteiger partial charge in [0.25, 0.3) is 0 Å². The molecule has 0 fully saturated rings. The van der Waals surface area contributed by atoms with Crippen molar-refractivity contribution in [1.82, 2.24) is 4.98 Å². The largest absolute Gasteiger partial charge is 0.316 e. The standard InChI is InChI=1S/C28H28N4OS/c1-19(2)23-15-11-22(12-16-23)18-29-32-28-31-26(24-13-9-20(3)10-14-24)27(34-28)30-25(33)17-21-7-5-4-6-8-21/h4-16,18-19H,17H2,1-3H3,(H,30,33)(H,31,32)/b29-18-. The quantitative estimate of drug-likeness (QED) is 0.219. The van der Waals surface area contributed by atoms with Crippen LogP contribution < -0.4 is 10.7 Å². The maximum atomic E-state index is 12.7. The molecule has 0 aliphatic heterocycles. The minimum absolute atomic E-state index is 0.0801. The summed E-state index contributed by atoms with van der Waals surface area (Å²) in [4.78, 5) is 17.4. The molecule has 1 heterocycles. The van der Waals surface area contributed by atoms with Gasteiger partial charge in [-0.3, -0.25) is 10.2 Å². The predicted molar refractivity (Wildman–Crippen MR) is 143 cm³/mol. The van der Waals surface area contributed by atoms with Crippen LogP contribution in [0.3, 0.4) is 0 Å². The van der Waals surface area contributed by atoms with E-state index in [2.05, 4.69) is 54.0 Å². The second-order valence-corrected chi connectivity index (χ2v) is 9.46. The number of benzene rings is 3. The van der Waals surface area contributed by atoms with E-state index in [0.717, 1.165) is 22.4 Å². The van der Waals surface area contributed by atoms with Crippen molar-refractivity contribution >= 4 is 33.6 Å². The number of anilines is 2. The van der Waals surface area contributed by atoms with Gasteiger partial charge in [-0.15, -0.1) is 0 Å². The van der Waals surface area contributed by atoms with Crippen LogP contribution in [0.25, 0.3) is 11.3 Å². The first-order valence-corrected chi connectivity index (χ1v) is 12.1. The Hall–Kier alpha value is -3.77. The molecule has 34 heavy (non-hydrogen) atoms. The van der Waals surface area contributed by atoms with Gasteiger partial charge in [-0.25, -0.2) is 4.98 Å². The number of aromatic nitrogens is 1. The molecule has 0 spiro atoms. The van der Waals surface area contributed by atoms with E-state index in [-0.39, 0.29) is 5.91 Å². The summed E-state index contributed by atoms with van der Waals surface area (Å²) in [5.74, 6) is 0.415. The summed E-state index contributed by atoms with van der Waals surface area (Å²) in [6, 6.07) is 26.1. The highest BCUT2D eigenvalue weighted by Crippen LogP contribution is 2.36. The Kier molecular flexibility index (Phi) is 7.50. The number of rotatable bonds is 8. The summed E-state index contributed by atoms with van der Waals surface area (Å²) < 4.78 is 0. The summed E-state index contributed by atoms with van der Waals surface area (Å²) in [6.45, 7) is 6.40. The van der Waals surface area contributed by atoms with Crippen molar-refractivity contribution in [3.8, 4) is 11.3 Å². The highest BCUT2D eigenvalue weighted by atomic mass is 32.1. The van der Waals surface area contributed by atoms with Crippen molar-refractivity contribution in [3.63, 3.8) is 0 Å². The summed E-state index contributed by atoms with van der Waals surface area (Å²) in [7, 11) is 0. The van der Waals surface area contributed by atoms with E-state index < -0.39 is 0 Å². The van der Waals surface area contributed by atoms with E-state index in [0.29, 0.717) is 22.5 Å². The van der Waals surface area contributed by atoms with Crippen LogP contribution in [0.2, 0.25) is 0 Å². The van der Waals surface area contributed by atoms with Crippen LogP contribution in [0.4, 0.5) is 10.1 Å². The number of thiazole rings is 1. The fourth-order valence-corrected chi connectivity index (χ4v) is 4.29. The molecular formula is C28H28N4OS. The van der Waals surface area contributed by atoms with Gasteiger partial charge in [0.2, 0.25) is 11.0 Å². The normalized spacial score (nSPS) is 11.2. The molecule has 3 aromatic carbocycles. The Morgan fingerprint density at radius 2 is 1.71 bits per heavy atom. The molecule has 0 aliphatic carbocycles. The van der Waals surface area contributed by atoms with Crippen molar-refractivity contribution in [2.45, 2.75) is 33.1 Å². The summed E-state index contributed by atoms with van der Waals surface area (Å²) >= 11 is 1.37. The summed E-state index contributed by atoms with van der Waals surface area (Å²) in [5, 5.41) is 8.71. The third kappa shape index (κ3) is 6.17. The maximum absolute atomic E-state index is 12.7. The van der Waals surface area contributed by atoms with Crippen molar-refractivity contribution in [2.75, 3.05) is 10.7 Å². The average molecular weight is 469 g/mol. The molecule has 0 saturated carbocycles. The molecule has 172 valence electrons. The molecule has 0 radical (unpaired) electrons. The lowest BCUT2D eigenvalue weighted by molar-refractivity contribution is -0.115. The minimum atomic E-state index is -0.0801. The smallest absolute Gasteiger partial charge is 0.229 e. The van der Waals surface area contributed by atoms with Crippen LogP contribution in [-0.4, -0.2) is 17.1 Å². The van der Waals surface area contributed by atoms with Crippen LogP contribution in [0, 0.1) is 6.92 Å². The molecule has 5 nitrogen and oxygen atoms in total. The highest BCUT2D eigenvalue weighted by Gasteiger charge is 2.16. The second-order valence-electron chi connectivity index (χ2n) is 8.46.